The van der Waals surface area contributed by atoms with Gasteiger partial charge in [-0.05, 0) is 37.3 Å². The van der Waals surface area contributed by atoms with E-state index >= 15 is 0 Å². The molecule has 0 aromatic rings. The molecule has 0 rings (SSSR count). The molecule has 110 valence electrons. The summed E-state index contributed by atoms with van der Waals surface area (Å²) in [7, 11) is 0. The fraction of sp³-hybridized carbons (Fsp3) is 1.00. The maximum absolute atomic E-state index is 2.70. The van der Waals surface area contributed by atoms with E-state index in [0.717, 1.165) is 5.92 Å². The highest BCUT2D eigenvalue weighted by Gasteiger charge is 2.33. The van der Waals surface area contributed by atoms with Crippen LogP contribution in [0.25, 0.3) is 0 Å². The largest absolute Gasteiger partial charge is 0.303 e. The highest BCUT2D eigenvalue weighted by atomic mass is 15.1. The van der Waals surface area contributed by atoms with Crippen LogP contribution in [0.15, 0.2) is 0 Å². The Bertz CT molecular complexity index is 170. The quantitative estimate of drug-likeness (QED) is 0.481. The Morgan fingerprint density at radius 1 is 0.778 bits per heavy atom. The van der Waals surface area contributed by atoms with Crippen molar-refractivity contribution in [3.05, 3.63) is 0 Å². The van der Waals surface area contributed by atoms with E-state index in [-0.39, 0.29) is 0 Å². The minimum atomic E-state index is 0.578. The number of hydrogen-bond acceptors (Lipinski definition) is 1. The van der Waals surface area contributed by atoms with Crippen LogP contribution in [0.1, 0.15) is 80.1 Å². The molecule has 0 N–H and O–H groups in total. The SMILES string of the molecule is CCCN(CCC)CC(CC)C(CC)(CC)CC. The molecular weight excluding hydrogens is 218 g/mol. The molecule has 0 spiro atoms. The summed E-state index contributed by atoms with van der Waals surface area (Å²) in [6.45, 7) is 18.0. The summed E-state index contributed by atoms with van der Waals surface area (Å²) in [5, 5.41) is 0. The van der Waals surface area contributed by atoms with Crippen LogP contribution in [-0.2, 0) is 0 Å². The smallest absolute Gasteiger partial charge is 0.00149 e. The summed E-state index contributed by atoms with van der Waals surface area (Å²) in [5.41, 5.74) is 0.578. The van der Waals surface area contributed by atoms with Gasteiger partial charge in [0.1, 0.15) is 0 Å². The summed E-state index contributed by atoms with van der Waals surface area (Å²) in [5.74, 6) is 0.871. The first kappa shape index (κ1) is 18.0. The van der Waals surface area contributed by atoms with Crippen LogP contribution in [0, 0.1) is 11.3 Å². The molecule has 0 aromatic carbocycles. The lowest BCUT2D eigenvalue weighted by molar-refractivity contribution is 0.0849. The lowest BCUT2D eigenvalue weighted by Crippen LogP contribution is -2.39. The standard InChI is InChI=1S/C17H37N/c1-7-13-18(14-8-2)15-16(9-3)17(10-4,11-5)12-6/h16H,7-15H2,1-6H3. The van der Waals surface area contributed by atoms with Crippen LogP contribution >= 0.6 is 0 Å². The van der Waals surface area contributed by atoms with Crippen molar-refractivity contribution in [3.63, 3.8) is 0 Å². The Morgan fingerprint density at radius 3 is 1.50 bits per heavy atom. The van der Waals surface area contributed by atoms with Gasteiger partial charge in [0.25, 0.3) is 0 Å². The zero-order valence-corrected chi connectivity index (χ0v) is 13.9. The monoisotopic (exact) mass is 255 g/mol. The number of nitrogens with zero attached hydrogens (tertiary/aromatic N) is 1. The van der Waals surface area contributed by atoms with Gasteiger partial charge < -0.3 is 4.90 Å². The van der Waals surface area contributed by atoms with Gasteiger partial charge in [-0.25, -0.2) is 0 Å². The first-order chi connectivity index (χ1) is 8.63. The van der Waals surface area contributed by atoms with E-state index in [4.69, 9.17) is 0 Å². The lowest BCUT2D eigenvalue weighted by atomic mass is 9.68. The van der Waals surface area contributed by atoms with Crippen molar-refractivity contribution >= 4 is 0 Å². The zero-order chi connectivity index (χ0) is 14.0. The van der Waals surface area contributed by atoms with Crippen molar-refractivity contribution in [1.29, 1.82) is 0 Å². The van der Waals surface area contributed by atoms with Crippen LogP contribution in [0.3, 0.4) is 0 Å². The molecule has 0 saturated carbocycles. The van der Waals surface area contributed by atoms with E-state index < -0.39 is 0 Å². The molecule has 0 aliphatic rings. The summed E-state index contributed by atoms with van der Waals surface area (Å²) in [6.07, 6.45) is 7.92. The molecule has 0 aromatic heterocycles. The fourth-order valence-corrected chi connectivity index (χ4v) is 3.61. The van der Waals surface area contributed by atoms with E-state index in [2.05, 4.69) is 46.4 Å². The van der Waals surface area contributed by atoms with Crippen molar-refractivity contribution in [3.8, 4) is 0 Å². The zero-order valence-electron chi connectivity index (χ0n) is 13.9. The Kier molecular flexibility index (Phi) is 9.81. The third kappa shape index (κ3) is 4.91. The first-order valence-electron chi connectivity index (χ1n) is 8.36. The second-order valence-electron chi connectivity index (χ2n) is 5.83. The molecule has 0 bridgehead atoms. The Labute approximate surface area is 116 Å². The van der Waals surface area contributed by atoms with Gasteiger partial charge in [-0.15, -0.1) is 0 Å². The topological polar surface area (TPSA) is 3.24 Å². The minimum Gasteiger partial charge on any atom is -0.303 e. The molecule has 0 saturated heterocycles. The van der Waals surface area contributed by atoms with Crippen LogP contribution < -0.4 is 0 Å². The van der Waals surface area contributed by atoms with Gasteiger partial charge in [0.05, 0.1) is 0 Å². The maximum Gasteiger partial charge on any atom is 0.00149 e. The van der Waals surface area contributed by atoms with Crippen molar-refractivity contribution in [1.82, 2.24) is 4.90 Å². The van der Waals surface area contributed by atoms with E-state index in [1.165, 1.54) is 58.2 Å². The summed E-state index contributed by atoms with van der Waals surface area (Å²) < 4.78 is 0. The second-order valence-corrected chi connectivity index (χ2v) is 5.83. The molecule has 0 amide bonds. The summed E-state index contributed by atoms with van der Waals surface area (Å²) >= 11 is 0. The Balaban J connectivity index is 4.71. The van der Waals surface area contributed by atoms with Gasteiger partial charge in [-0.2, -0.15) is 0 Å². The van der Waals surface area contributed by atoms with E-state index in [0.29, 0.717) is 5.41 Å². The van der Waals surface area contributed by atoms with E-state index in [1.54, 1.807) is 0 Å². The second kappa shape index (κ2) is 9.83. The van der Waals surface area contributed by atoms with Crippen LogP contribution in [0.4, 0.5) is 0 Å². The van der Waals surface area contributed by atoms with Gasteiger partial charge >= 0.3 is 0 Å². The van der Waals surface area contributed by atoms with Crippen molar-refractivity contribution in [2.45, 2.75) is 80.1 Å². The highest BCUT2D eigenvalue weighted by Crippen LogP contribution is 2.40. The van der Waals surface area contributed by atoms with Gasteiger partial charge in [-0.1, -0.05) is 67.2 Å². The molecule has 0 aliphatic heterocycles. The average Bonchev–Trinajstić information content (AvgIpc) is 2.40. The normalized spacial score (nSPS) is 14.2. The van der Waals surface area contributed by atoms with Crippen LogP contribution in [-0.4, -0.2) is 24.5 Å². The van der Waals surface area contributed by atoms with Crippen molar-refractivity contribution < 1.29 is 0 Å². The molecular formula is C17H37N. The molecule has 18 heavy (non-hydrogen) atoms. The molecule has 0 radical (unpaired) electrons. The Morgan fingerprint density at radius 2 is 1.22 bits per heavy atom. The fourth-order valence-electron chi connectivity index (χ4n) is 3.61. The Hall–Kier alpha value is -0.0400. The van der Waals surface area contributed by atoms with E-state index in [1.807, 2.05) is 0 Å². The summed E-state index contributed by atoms with van der Waals surface area (Å²) in [4.78, 5) is 2.70. The molecule has 0 heterocycles. The van der Waals surface area contributed by atoms with Crippen LogP contribution in [0.2, 0.25) is 0 Å². The molecule has 1 atom stereocenters. The van der Waals surface area contributed by atoms with Gasteiger partial charge in [0.15, 0.2) is 0 Å². The van der Waals surface area contributed by atoms with Crippen LogP contribution in [0.5, 0.6) is 0 Å². The average molecular weight is 255 g/mol. The predicted octanol–water partition coefficient (Wildman–Crippen LogP) is 5.35. The third-order valence-corrected chi connectivity index (χ3v) is 5.03. The minimum absolute atomic E-state index is 0.578. The molecule has 1 heteroatoms. The predicted molar refractivity (Wildman–Crippen MR) is 84.1 cm³/mol. The first-order valence-corrected chi connectivity index (χ1v) is 8.36. The van der Waals surface area contributed by atoms with Crippen molar-refractivity contribution in [2.75, 3.05) is 19.6 Å². The molecule has 0 aliphatic carbocycles. The molecule has 1 unspecified atom stereocenters. The summed E-state index contributed by atoms with van der Waals surface area (Å²) in [6, 6.07) is 0. The van der Waals surface area contributed by atoms with Gasteiger partial charge in [-0.3, -0.25) is 0 Å². The number of hydrogen-bond donors (Lipinski definition) is 0. The third-order valence-electron chi connectivity index (χ3n) is 5.03. The lowest BCUT2D eigenvalue weighted by Gasteiger charge is -2.41. The number of rotatable bonds is 11. The molecule has 1 nitrogen and oxygen atoms in total. The van der Waals surface area contributed by atoms with Gasteiger partial charge in [0.2, 0.25) is 0 Å². The van der Waals surface area contributed by atoms with E-state index in [9.17, 15) is 0 Å². The van der Waals surface area contributed by atoms with Gasteiger partial charge in [0, 0.05) is 6.54 Å². The molecule has 0 fully saturated rings. The maximum atomic E-state index is 2.70. The van der Waals surface area contributed by atoms with Crippen molar-refractivity contribution in [2.24, 2.45) is 11.3 Å². The highest BCUT2D eigenvalue weighted by molar-refractivity contribution is 4.84.